The van der Waals surface area contributed by atoms with E-state index in [9.17, 15) is 14.9 Å². The zero-order valence-corrected chi connectivity index (χ0v) is 20.7. The van der Waals surface area contributed by atoms with Gasteiger partial charge in [0.15, 0.2) is 10.8 Å². The Morgan fingerprint density at radius 2 is 2.03 bits per heavy atom. The van der Waals surface area contributed by atoms with Crippen LogP contribution in [0, 0.1) is 10.1 Å². The second kappa shape index (κ2) is 12.8. The van der Waals surface area contributed by atoms with Crippen LogP contribution >= 0.6 is 11.8 Å². The van der Waals surface area contributed by atoms with Crippen LogP contribution < -0.4 is 10.6 Å². The average molecular weight is 500 g/mol. The molecule has 3 rings (SSSR count). The smallest absolute Gasteiger partial charge is 0.269 e. The summed E-state index contributed by atoms with van der Waals surface area (Å²) in [4.78, 5) is 31.8. The van der Waals surface area contributed by atoms with Crippen molar-refractivity contribution < 1.29 is 14.5 Å². The Hall–Kier alpha value is -3.51. The maximum atomic E-state index is 12.2. The highest BCUT2D eigenvalue weighted by Gasteiger charge is 2.14. The molecule has 11 nitrogen and oxygen atoms in total. The van der Waals surface area contributed by atoms with Gasteiger partial charge in [-0.15, -0.1) is 0 Å². The Morgan fingerprint density at radius 1 is 1.26 bits per heavy atom. The van der Waals surface area contributed by atoms with Crippen LogP contribution in [0.5, 0.6) is 0 Å². The number of rotatable bonds is 13. The molecule has 2 aromatic heterocycles. The summed E-state index contributed by atoms with van der Waals surface area (Å²) < 4.78 is 7.15. The molecule has 0 spiro atoms. The normalized spacial score (nSPS) is 11.4. The SMILES string of the molecule is CCOCCNc1nc(SC(C)C)nc2c1cnn2CCNC(=O)/C=C\c1ccc([N+](=O)[O-])cc1. The standard InChI is InChI=1S/C23H29N7O4S/c1-4-34-14-12-25-21-19-15-26-29(22(19)28-23(27-21)35-16(2)3)13-11-24-20(31)10-7-17-5-8-18(9-6-17)30(32)33/h5-10,15-16H,4,11-14H2,1-3H3,(H,24,31)(H,25,27,28)/b10-7-. The van der Waals surface area contributed by atoms with Crippen LogP contribution in [0.1, 0.15) is 26.3 Å². The molecule has 0 aliphatic carbocycles. The molecule has 0 atom stereocenters. The van der Waals surface area contributed by atoms with Gasteiger partial charge in [-0.05, 0) is 30.7 Å². The van der Waals surface area contributed by atoms with Gasteiger partial charge in [0.1, 0.15) is 5.82 Å². The highest BCUT2D eigenvalue weighted by Crippen LogP contribution is 2.26. The molecule has 3 aromatic rings. The molecule has 0 aliphatic heterocycles. The van der Waals surface area contributed by atoms with Crippen molar-refractivity contribution in [3.05, 3.63) is 52.2 Å². The van der Waals surface area contributed by atoms with Gasteiger partial charge < -0.3 is 15.4 Å². The number of non-ortho nitro benzene ring substituents is 1. The summed E-state index contributed by atoms with van der Waals surface area (Å²) in [5.74, 6) is 0.433. The van der Waals surface area contributed by atoms with Gasteiger partial charge in [-0.1, -0.05) is 25.6 Å². The van der Waals surface area contributed by atoms with Gasteiger partial charge in [0.2, 0.25) is 5.91 Å². The summed E-state index contributed by atoms with van der Waals surface area (Å²) >= 11 is 1.57. The van der Waals surface area contributed by atoms with Gasteiger partial charge >= 0.3 is 0 Å². The molecule has 1 aromatic carbocycles. The van der Waals surface area contributed by atoms with E-state index < -0.39 is 4.92 Å². The summed E-state index contributed by atoms with van der Waals surface area (Å²) in [5.41, 5.74) is 1.39. The second-order valence-corrected chi connectivity index (χ2v) is 9.27. The number of nitrogens with one attached hydrogen (secondary N) is 2. The number of anilines is 1. The van der Waals surface area contributed by atoms with Crippen molar-refractivity contribution in [1.29, 1.82) is 0 Å². The van der Waals surface area contributed by atoms with Crippen molar-refractivity contribution in [2.24, 2.45) is 0 Å². The largest absolute Gasteiger partial charge is 0.380 e. The van der Waals surface area contributed by atoms with Gasteiger partial charge in [-0.25, -0.2) is 14.6 Å². The molecule has 0 fully saturated rings. The zero-order chi connectivity index (χ0) is 25.2. The molecule has 2 N–H and O–H groups in total. The zero-order valence-electron chi connectivity index (χ0n) is 19.9. The molecule has 0 unspecified atom stereocenters. The molecule has 0 aliphatic rings. The fraction of sp³-hybridized carbons (Fsp3) is 0.391. The predicted molar refractivity (Wildman–Crippen MR) is 136 cm³/mol. The van der Waals surface area contributed by atoms with Crippen molar-refractivity contribution in [3.63, 3.8) is 0 Å². The van der Waals surface area contributed by atoms with E-state index in [-0.39, 0.29) is 11.6 Å². The van der Waals surface area contributed by atoms with E-state index in [0.717, 1.165) is 5.39 Å². The molecule has 0 saturated carbocycles. The van der Waals surface area contributed by atoms with Gasteiger partial charge in [-0.2, -0.15) is 5.10 Å². The molecule has 0 radical (unpaired) electrons. The number of ether oxygens (including phenoxy) is 1. The van der Waals surface area contributed by atoms with Crippen molar-refractivity contribution >= 4 is 46.3 Å². The molecule has 0 bridgehead atoms. The first-order valence-electron chi connectivity index (χ1n) is 11.3. The van der Waals surface area contributed by atoms with E-state index in [0.29, 0.717) is 60.3 Å². The van der Waals surface area contributed by atoms with Crippen LogP contribution in [0.15, 0.2) is 41.7 Å². The van der Waals surface area contributed by atoms with E-state index in [2.05, 4.69) is 39.5 Å². The van der Waals surface area contributed by atoms with E-state index in [1.54, 1.807) is 40.8 Å². The number of benzene rings is 1. The number of amides is 1. The van der Waals surface area contributed by atoms with Crippen molar-refractivity contribution in [1.82, 2.24) is 25.1 Å². The lowest BCUT2D eigenvalue weighted by Crippen LogP contribution is -2.25. The number of nitrogens with zero attached hydrogens (tertiary/aromatic N) is 5. The highest BCUT2D eigenvalue weighted by atomic mass is 32.2. The van der Waals surface area contributed by atoms with Crippen molar-refractivity contribution in [2.45, 2.75) is 37.7 Å². The first-order chi connectivity index (χ1) is 16.9. The van der Waals surface area contributed by atoms with Crippen LogP contribution in [0.4, 0.5) is 11.5 Å². The second-order valence-electron chi connectivity index (χ2n) is 7.72. The summed E-state index contributed by atoms with van der Waals surface area (Å²) in [6, 6.07) is 5.97. The fourth-order valence-corrected chi connectivity index (χ4v) is 3.81. The summed E-state index contributed by atoms with van der Waals surface area (Å²) in [6.07, 6.45) is 4.71. The van der Waals surface area contributed by atoms with Gasteiger partial charge in [0.25, 0.3) is 5.69 Å². The third-order valence-corrected chi connectivity index (χ3v) is 5.58. The lowest BCUT2D eigenvalue weighted by Gasteiger charge is -2.11. The average Bonchev–Trinajstić information content (AvgIpc) is 3.23. The number of thioether (sulfide) groups is 1. The lowest BCUT2D eigenvalue weighted by atomic mass is 10.2. The number of hydrogen-bond donors (Lipinski definition) is 2. The number of nitro benzene ring substituents is 1. The molecule has 2 heterocycles. The van der Waals surface area contributed by atoms with Crippen molar-refractivity contribution in [3.8, 4) is 0 Å². The lowest BCUT2D eigenvalue weighted by molar-refractivity contribution is -0.384. The molecule has 1 amide bonds. The monoisotopic (exact) mass is 499 g/mol. The number of hydrogen-bond acceptors (Lipinski definition) is 9. The number of nitro groups is 1. The first-order valence-corrected chi connectivity index (χ1v) is 12.2. The maximum Gasteiger partial charge on any atom is 0.269 e. The number of carbonyl (C=O) groups excluding carboxylic acids is 1. The Bertz CT molecular complexity index is 1180. The fourth-order valence-electron chi connectivity index (χ4n) is 3.11. The predicted octanol–water partition coefficient (Wildman–Crippen LogP) is 3.51. The third-order valence-electron chi connectivity index (χ3n) is 4.71. The maximum absolute atomic E-state index is 12.2. The minimum absolute atomic E-state index is 0.00413. The van der Waals surface area contributed by atoms with Gasteiger partial charge in [0, 0.05) is 43.2 Å². The first kappa shape index (κ1) is 26.1. The molecule has 35 heavy (non-hydrogen) atoms. The highest BCUT2D eigenvalue weighted by molar-refractivity contribution is 7.99. The van der Waals surface area contributed by atoms with Crippen LogP contribution in [0.25, 0.3) is 17.1 Å². The minimum Gasteiger partial charge on any atom is -0.380 e. The Morgan fingerprint density at radius 3 is 2.71 bits per heavy atom. The van der Waals surface area contributed by atoms with E-state index >= 15 is 0 Å². The molecule has 12 heteroatoms. The molecular weight excluding hydrogens is 470 g/mol. The Balaban J connectivity index is 1.63. The molecule has 186 valence electrons. The van der Waals surface area contributed by atoms with Crippen LogP contribution in [-0.4, -0.2) is 62.1 Å². The molecular formula is C23H29N7O4S. The summed E-state index contributed by atoms with van der Waals surface area (Å²) in [7, 11) is 0. The van der Waals surface area contributed by atoms with E-state index in [4.69, 9.17) is 4.74 Å². The third kappa shape index (κ3) is 7.76. The van der Waals surface area contributed by atoms with E-state index in [1.165, 1.54) is 18.2 Å². The summed E-state index contributed by atoms with van der Waals surface area (Å²) in [6.45, 7) is 8.74. The van der Waals surface area contributed by atoms with E-state index in [1.807, 2.05) is 6.92 Å². The number of aromatic nitrogens is 4. The Kier molecular flexibility index (Phi) is 9.56. The molecule has 0 saturated heterocycles. The minimum atomic E-state index is -0.464. The van der Waals surface area contributed by atoms with Crippen molar-refractivity contribution in [2.75, 3.05) is 31.6 Å². The van der Waals surface area contributed by atoms with Crippen LogP contribution in [-0.2, 0) is 16.1 Å². The number of fused-ring (bicyclic) bond motifs is 1. The van der Waals surface area contributed by atoms with Crippen LogP contribution in [0.3, 0.4) is 0 Å². The van der Waals surface area contributed by atoms with Gasteiger partial charge in [-0.3, -0.25) is 14.9 Å². The number of carbonyl (C=O) groups is 1. The summed E-state index contributed by atoms with van der Waals surface area (Å²) in [5, 5.41) is 23.1. The van der Waals surface area contributed by atoms with Crippen LogP contribution in [0.2, 0.25) is 0 Å². The van der Waals surface area contributed by atoms with Gasteiger partial charge in [0.05, 0.1) is 29.7 Å². The Labute approximate surface area is 207 Å². The quantitative estimate of drug-likeness (QED) is 0.0903. The topological polar surface area (TPSA) is 137 Å².